The fourth-order valence-corrected chi connectivity index (χ4v) is 2.10. The molecule has 0 atom stereocenters. The van der Waals surface area contributed by atoms with Crippen molar-refractivity contribution in [2.75, 3.05) is 7.11 Å². The van der Waals surface area contributed by atoms with Gasteiger partial charge in [-0.1, -0.05) is 6.07 Å². The lowest BCUT2D eigenvalue weighted by molar-refractivity contribution is 0.0697. The number of hydrogen-bond donors (Lipinski definition) is 1. The Hall–Kier alpha value is -1.82. The summed E-state index contributed by atoms with van der Waals surface area (Å²) in [6, 6.07) is 5.26. The van der Waals surface area contributed by atoms with Gasteiger partial charge in [0.25, 0.3) is 0 Å². The summed E-state index contributed by atoms with van der Waals surface area (Å²) >= 11 is 3.33. The second kappa shape index (κ2) is 5.22. The molecule has 0 saturated carbocycles. The fourth-order valence-electron chi connectivity index (χ4n) is 1.63. The van der Waals surface area contributed by atoms with Crippen LogP contribution in [0.25, 0.3) is 0 Å². The van der Waals surface area contributed by atoms with Crippen molar-refractivity contribution < 1.29 is 14.6 Å². The highest BCUT2D eigenvalue weighted by molar-refractivity contribution is 9.10. The van der Waals surface area contributed by atoms with E-state index in [1.165, 1.54) is 0 Å². The number of aromatic nitrogens is 2. The van der Waals surface area contributed by atoms with Crippen LogP contribution < -0.4 is 4.74 Å². The second-order valence-electron chi connectivity index (χ2n) is 3.66. The van der Waals surface area contributed by atoms with Crippen LogP contribution in [0.2, 0.25) is 0 Å². The van der Waals surface area contributed by atoms with Gasteiger partial charge in [-0.05, 0) is 28.1 Å². The Bertz CT molecular complexity index is 580. The molecule has 0 aliphatic heterocycles. The van der Waals surface area contributed by atoms with Crippen LogP contribution >= 0.6 is 15.9 Å². The van der Waals surface area contributed by atoms with Crippen LogP contribution in [0.15, 0.2) is 35.2 Å². The van der Waals surface area contributed by atoms with Crippen LogP contribution in [0.4, 0.5) is 0 Å². The van der Waals surface area contributed by atoms with Gasteiger partial charge in [0.05, 0.1) is 23.8 Å². The minimum atomic E-state index is -0.951. The Labute approximate surface area is 112 Å². The average Bonchev–Trinajstić information content (AvgIpc) is 2.72. The Morgan fingerprint density at radius 3 is 3.00 bits per heavy atom. The van der Waals surface area contributed by atoms with E-state index in [1.807, 2.05) is 12.1 Å². The predicted molar refractivity (Wildman–Crippen MR) is 69.0 cm³/mol. The van der Waals surface area contributed by atoms with Gasteiger partial charge in [-0.15, -0.1) is 0 Å². The van der Waals surface area contributed by atoms with Crippen molar-refractivity contribution in [3.8, 4) is 5.88 Å². The molecular formula is C12H11BrN2O3. The van der Waals surface area contributed by atoms with Gasteiger partial charge < -0.3 is 14.4 Å². The van der Waals surface area contributed by atoms with Gasteiger partial charge in [0, 0.05) is 18.0 Å². The van der Waals surface area contributed by atoms with Gasteiger partial charge in [-0.2, -0.15) is 0 Å². The van der Waals surface area contributed by atoms with Crippen LogP contribution in [0, 0.1) is 0 Å². The molecule has 0 bridgehead atoms. The Morgan fingerprint density at radius 2 is 2.39 bits per heavy atom. The third-order valence-electron chi connectivity index (χ3n) is 2.47. The van der Waals surface area contributed by atoms with E-state index in [0.717, 1.165) is 5.56 Å². The number of nitrogens with zero attached hydrogens (tertiary/aromatic N) is 2. The van der Waals surface area contributed by atoms with Gasteiger partial charge in [0.1, 0.15) is 0 Å². The second-order valence-corrected chi connectivity index (χ2v) is 4.47. The van der Waals surface area contributed by atoms with Crippen LogP contribution in [-0.2, 0) is 6.54 Å². The molecule has 0 aromatic carbocycles. The molecule has 5 nitrogen and oxygen atoms in total. The van der Waals surface area contributed by atoms with Crippen LogP contribution in [0.3, 0.4) is 0 Å². The molecule has 2 aromatic rings. The number of aromatic carboxylic acids is 1. The Balaban J connectivity index is 2.31. The third-order valence-corrected chi connectivity index (χ3v) is 3.16. The quantitative estimate of drug-likeness (QED) is 0.942. The summed E-state index contributed by atoms with van der Waals surface area (Å²) in [5.41, 5.74) is 1.12. The lowest BCUT2D eigenvalue weighted by atomic mass is 10.2. The summed E-state index contributed by atoms with van der Waals surface area (Å²) in [5.74, 6) is -0.414. The van der Waals surface area contributed by atoms with Gasteiger partial charge >= 0.3 is 5.97 Å². The van der Waals surface area contributed by atoms with E-state index < -0.39 is 5.97 Å². The molecule has 0 spiro atoms. The third kappa shape index (κ3) is 2.53. The number of rotatable bonds is 4. The lowest BCUT2D eigenvalue weighted by Gasteiger charge is -2.08. The van der Waals surface area contributed by atoms with E-state index in [9.17, 15) is 4.79 Å². The normalized spacial score (nSPS) is 10.3. The molecule has 0 fully saturated rings. The summed E-state index contributed by atoms with van der Waals surface area (Å²) in [4.78, 5) is 15.0. The standard InChI is InChI=1S/C12H11BrN2O3/c1-18-11-8(3-2-4-14-11)6-15-7-9(12(16)17)5-10(15)13/h2-5,7H,6H2,1H3,(H,16,17). The fraction of sp³-hybridized carbons (Fsp3) is 0.167. The van der Waals surface area contributed by atoms with Crippen molar-refractivity contribution in [3.63, 3.8) is 0 Å². The predicted octanol–water partition coefficient (Wildman–Crippen LogP) is 2.40. The first kappa shape index (κ1) is 12.6. The molecule has 2 aromatic heterocycles. The number of carboxylic acid groups (broad SMARTS) is 1. The molecule has 0 unspecified atom stereocenters. The van der Waals surface area contributed by atoms with Gasteiger partial charge in [0.2, 0.25) is 5.88 Å². The van der Waals surface area contributed by atoms with E-state index in [2.05, 4.69) is 20.9 Å². The van der Waals surface area contributed by atoms with Crippen molar-refractivity contribution in [3.05, 3.63) is 46.3 Å². The first-order valence-electron chi connectivity index (χ1n) is 5.18. The van der Waals surface area contributed by atoms with E-state index >= 15 is 0 Å². The molecule has 0 radical (unpaired) electrons. The topological polar surface area (TPSA) is 64.4 Å². The molecule has 6 heteroatoms. The van der Waals surface area contributed by atoms with Gasteiger partial charge in [0.15, 0.2) is 0 Å². The summed E-state index contributed by atoms with van der Waals surface area (Å²) in [7, 11) is 1.55. The number of pyridine rings is 1. The van der Waals surface area contributed by atoms with E-state index in [4.69, 9.17) is 9.84 Å². The number of methoxy groups -OCH3 is 1. The minimum Gasteiger partial charge on any atom is -0.481 e. The zero-order chi connectivity index (χ0) is 13.1. The molecule has 0 aliphatic rings. The zero-order valence-corrected chi connectivity index (χ0v) is 11.2. The van der Waals surface area contributed by atoms with E-state index in [1.54, 1.807) is 30.1 Å². The van der Waals surface area contributed by atoms with Crippen LogP contribution in [-0.4, -0.2) is 27.7 Å². The number of halogens is 1. The SMILES string of the molecule is COc1ncccc1Cn1cc(C(=O)O)cc1Br. The van der Waals surface area contributed by atoms with Crippen molar-refractivity contribution >= 4 is 21.9 Å². The largest absolute Gasteiger partial charge is 0.481 e. The van der Waals surface area contributed by atoms with Gasteiger partial charge in [-0.3, -0.25) is 0 Å². The maximum absolute atomic E-state index is 10.9. The highest BCUT2D eigenvalue weighted by Crippen LogP contribution is 2.20. The van der Waals surface area contributed by atoms with Crippen molar-refractivity contribution in [1.29, 1.82) is 0 Å². The summed E-state index contributed by atoms with van der Waals surface area (Å²) < 4.78 is 7.64. The lowest BCUT2D eigenvalue weighted by Crippen LogP contribution is -2.02. The minimum absolute atomic E-state index is 0.240. The summed E-state index contributed by atoms with van der Waals surface area (Å²) in [6.45, 7) is 0.491. The van der Waals surface area contributed by atoms with E-state index in [0.29, 0.717) is 17.0 Å². The highest BCUT2D eigenvalue weighted by Gasteiger charge is 2.11. The monoisotopic (exact) mass is 310 g/mol. The van der Waals surface area contributed by atoms with Crippen LogP contribution in [0.5, 0.6) is 5.88 Å². The maximum Gasteiger partial charge on any atom is 0.337 e. The first-order chi connectivity index (χ1) is 8.61. The highest BCUT2D eigenvalue weighted by atomic mass is 79.9. The van der Waals surface area contributed by atoms with Crippen molar-refractivity contribution in [2.24, 2.45) is 0 Å². The van der Waals surface area contributed by atoms with Crippen molar-refractivity contribution in [2.45, 2.75) is 6.54 Å². The number of hydrogen-bond acceptors (Lipinski definition) is 3. The molecule has 0 saturated heterocycles. The van der Waals surface area contributed by atoms with E-state index in [-0.39, 0.29) is 5.56 Å². The molecule has 18 heavy (non-hydrogen) atoms. The maximum atomic E-state index is 10.9. The molecule has 0 amide bonds. The summed E-state index contributed by atoms with van der Waals surface area (Å²) in [6.07, 6.45) is 3.22. The van der Waals surface area contributed by atoms with Crippen LogP contribution in [0.1, 0.15) is 15.9 Å². The molecule has 2 rings (SSSR count). The number of ether oxygens (including phenoxy) is 1. The Morgan fingerprint density at radius 1 is 1.61 bits per heavy atom. The first-order valence-corrected chi connectivity index (χ1v) is 5.98. The van der Waals surface area contributed by atoms with Crippen molar-refractivity contribution in [1.82, 2.24) is 9.55 Å². The molecule has 2 heterocycles. The number of carbonyl (C=O) groups is 1. The molecule has 0 aliphatic carbocycles. The zero-order valence-electron chi connectivity index (χ0n) is 9.63. The van der Waals surface area contributed by atoms with Gasteiger partial charge in [-0.25, -0.2) is 9.78 Å². The average molecular weight is 311 g/mol. The molecule has 1 N–H and O–H groups in total. The smallest absolute Gasteiger partial charge is 0.337 e. The molecule has 94 valence electrons. The number of carboxylic acids is 1. The molecular weight excluding hydrogens is 300 g/mol. The Kier molecular flexibility index (Phi) is 3.66. The summed E-state index contributed by atoms with van der Waals surface area (Å²) in [5, 5.41) is 8.92.